The van der Waals surface area contributed by atoms with E-state index in [0.717, 1.165) is 23.3 Å². The van der Waals surface area contributed by atoms with E-state index in [0.29, 0.717) is 24.6 Å². The van der Waals surface area contributed by atoms with Crippen molar-refractivity contribution in [2.75, 3.05) is 18.8 Å². The molecule has 26 heavy (non-hydrogen) atoms. The molecule has 2 aromatic rings. The van der Waals surface area contributed by atoms with Gasteiger partial charge >= 0.3 is 0 Å². The molecule has 1 aromatic carbocycles. The smallest absolute Gasteiger partial charge is 0.287 e. The number of nitrogens with zero attached hydrogens (tertiary/aromatic N) is 1. The van der Waals surface area contributed by atoms with Crippen LogP contribution in [0.5, 0.6) is 0 Å². The van der Waals surface area contributed by atoms with Crippen LogP contribution in [0.4, 0.5) is 0 Å². The van der Waals surface area contributed by atoms with E-state index in [9.17, 15) is 9.59 Å². The van der Waals surface area contributed by atoms with Crippen LogP contribution >= 0.6 is 11.8 Å². The Morgan fingerprint density at radius 1 is 1.15 bits per heavy atom. The van der Waals surface area contributed by atoms with Gasteiger partial charge in [-0.05, 0) is 44.9 Å². The Bertz CT molecular complexity index is 762. The van der Waals surface area contributed by atoms with Gasteiger partial charge in [0.1, 0.15) is 0 Å². The fourth-order valence-corrected chi connectivity index (χ4v) is 3.80. The first kappa shape index (κ1) is 18.6. The highest BCUT2D eigenvalue weighted by Crippen LogP contribution is 2.20. The fraction of sp³-hybridized carbons (Fsp3) is 0.400. The Kier molecular flexibility index (Phi) is 6.04. The Hall–Kier alpha value is -2.21. The first-order valence-corrected chi connectivity index (χ1v) is 9.83. The number of piperidine rings is 1. The SMILES string of the molecule is Cc1ccc(SCC(=O)N2CCC(NC(=O)c3occc3C)CC2)cc1. The van der Waals surface area contributed by atoms with Crippen LogP contribution in [0.3, 0.4) is 0 Å². The number of likely N-dealkylation sites (tertiary alicyclic amines) is 1. The molecule has 0 unspecified atom stereocenters. The number of nitrogens with one attached hydrogen (secondary N) is 1. The van der Waals surface area contributed by atoms with E-state index < -0.39 is 0 Å². The minimum absolute atomic E-state index is 0.0841. The summed E-state index contributed by atoms with van der Waals surface area (Å²) in [5.41, 5.74) is 2.05. The average molecular weight is 372 g/mol. The number of hydrogen-bond donors (Lipinski definition) is 1. The van der Waals surface area contributed by atoms with Crippen molar-refractivity contribution in [3.05, 3.63) is 53.5 Å². The van der Waals surface area contributed by atoms with Gasteiger partial charge < -0.3 is 14.6 Å². The summed E-state index contributed by atoms with van der Waals surface area (Å²) in [7, 11) is 0. The minimum atomic E-state index is -0.174. The number of amides is 2. The van der Waals surface area contributed by atoms with Crippen LogP contribution in [0.2, 0.25) is 0 Å². The highest BCUT2D eigenvalue weighted by Gasteiger charge is 2.25. The molecule has 1 saturated heterocycles. The molecule has 0 aliphatic carbocycles. The highest BCUT2D eigenvalue weighted by molar-refractivity contribution is 8.00. The second kappa shape index (κ2) is 8.45. The van der Waals surface area contributed by atoms with Gasteiger partial charge in [-0.15, -0.1) is 11.8 Å². The summed E-state index contributed by atoms with van der Waals surface area (Å²) in [5, 5.41) is 3.01. The molecule has 5 nitrogen and oxygen atoms in total. The zero-order chi connectivity index (χ0) is 18.5. The molecule has 6 heteroatoms. The lowest BCUT2D eigenvalue weighted by Crippen LogP contribution is -2.47. The summed E-state index contributed by atoms with van der Waals surface area (Å²) in [6.07, 6.45) is 3.07. The number of aryl methyl sites for hydroxylation is 2. The van der Waals surface area contributed by atoms with Gasteiger partial charge in [0.05, 0.1) is 12.0 Å². The number of hydrogen-bond acceptors (Lipinski definition) is 4. The molecule has 1 aliphatic heterocycles. The molecular weight excluding hydrogens is 348 g/mol. The predicted molar refractivity (Wildman–Crippen MR) is 102 cm³/mol. The molecule has 1 N–H and O–H groups in total. The minimum Gasteiger partial charge on any atom is -0.459 e. The third-order valence-electron chi connectivity index (χ3n) is 4.63. The van der Waals surface area contributed by atoms with E-state index in [1.54, 1.807) is 17.8 Å². The molecule has 2 amide bonds. The lowest BCUT2D eigenvalue weighted by atomic mass is 10.0. The van der Waals surface area contributed by atoms with Gasteiger partial charge in [-0.2, -0.15) is 0 Å². The van der Waals surface area contributed by atoms with Gasteiger partial charge in [0.2, 0.25) is 5.91 Å². The molecule has 138 valence electrons. The fourth-order valence-electron chi connectivity index (χ4n) is 3.00. The van der Waals surface area contributed by atoms with Crippen molar-refractivity contribution in [1.29, 1.82) is 0 Å². The van der Waals surface area contributed by atoms with Crippen molar-refractivity contribution in [3.63, 3.8) is 0 Å². The molecule has 2 heterocycles. The van der Waals surface area contributed by atoms with Crippen molar-refractivity contribution in [1.82, 2.24) is 10.2 Å². The number of rotatable bonds is 5. The predicted octanol–water partition coefficient (Wildman–Crippen LogP) is 3.41. The number of furan rings is 1. The maximum atomic E-state index is 12.4. The molecule has 1 fully saturated rings. The normalized spacial score (nSPS) is 15.1. The van der Waals surface area contributed by atoms with E-state index >= 15 is 0 Å². The van der Waals surface area contributed by atoms with Crippen molar-refractivity contribution < 1.29 is 14.0 Å². The summed E-state index contributed by atoms with van der Waals surface area (Å²) in [5.74, 6) is 0.804. The van der Waals surface area contributed by atoms with E-state index in [-0.39, 0.29) is 17.9 Å². The molecule has 0 saturated carbocycles. The zero-order valence-corrected chi connectivity index (χ0v) is 16.0. The van der Waals surface area contributed by atoms with E-state index in [4.69, 9.17) is 4.42 Å². The van der Waals surface area contributed by atoms with Crippen molar-refractivity contribution in [2.24, 2.45) is 0 Å². The molecule has 1 aliphatic rings. The topological polar surface area (TPSA) is 62.6 Å². The maximum Gasteiger partial charge on any atom is 0.287 e. The first-order valence-electron chi connectivity index (χ1n) is 8.85. The largest absolute Gasteiger partial charge is 0.459 e. The summed E-state index contributed by atoms with van der Waals surface area (Å²) in [6.45, 7) is 5.26. The van der Waals surface area contributed by atoms with Crippen LogP contribution in [0.1, 0.15) is 34.5 Å². The van der Waals surface area contributed by atoms with Gasteiger partial charge in [-0.25, -0.2) is 0 Å². The third-order valence-corrected chi connectivity index (χ3v) is 5.63. The number of carbonyl (C=O) groups is 2. The van der Waals surface area contributed by atoms with Crippen molar-refractivity contribution in [3.8, 4) is 0 Å². The lowest BCUT2D eigenvalue weighted by Gasteiger charge is -2.32. The summed E-state index contributed by atoms with van der Waals surface area (Å²) in [6, 6.07) is 10.1. The van der Waals surface area contributed by atoms with Gasteiger partial charge in [0.25, 0.3) is 5.91 Å². The quantitative estimate of drug-likeness (QED) is 0.817. The van der Waals surface area contributed by atoms with Gasteiger partial charge in [0, 0.05) is 29.6 Å². The van der Waals surface area contributed by atoms with Crippen LogP contribution in [0, 0.1) is 13.8 Å². The maximum absolute atomic E-state index is 12.4. The molecule has 0 atom stereocenters. The van der Waals surface area contributed by atoms with E-state index in [2.05, 4.69) is 24.4 Å². The Morgan fingerprint density at radius 2 is 1.85 bits per heavy atom. The van der Waals surface area contributed by atoms with Gasteiger partial charge in [0.15, 0.2) is 5.76 Å². The van der Waals surface area contributed by atoms with Crippen molar-refractivity contribution >= 4 is 23.6 Å². The standard InChI is InChI=1S/C20H24N2O3S/c1-14-3-5-17(6-4-14)26-13-18(23)22-10-7-16(8-11-22)21-20(24)19-15(2)9-12-25-19/h3-6,9,12,16H,7-8,10-11,13H2,1-2H3,(H,21,24). The van der Waals surface area contributed by atoms with Gasteiger partial charge in [-0.3, -0.25) is 9.59 Å². The van der Waals surface area contributed by atoms with E-state index in [1.807, 2.05) is 24.0 Å². The summed E-state index contributed by atoms with van der Waals surface area (Å²) >= 11 is 1.57. The van der Waals surface area contributed by atoms with Crippen LogP contribution in [0.25, 0.3) is 0 Å². The monoisotopic (exact) mass is 372 g/mol. The number of thioether (sulfide) groups is 1. The lowest BCUT2D eigenvalue weighted by molar-refractivity contribution is -0.129. The Balaban J connectivity index is 1.43. The van der Waals surface area contributed by atoms with E-state index in [1.165, 1.54) is 11.8 Å². The summed E-state index contributed by atoms with van der Waals surface area (Å²) < 4.78 is 5.23. The zero-order valence-electron chi connectivity index (χ0n) is 15.2. The van der Waals surface area contributed by atoms with Crippen LogP contribution in [0.15, 0.2) is 45.9 Å². The third kappa shape index (κ3) is 4.69. The molecule has 0 bridgehead atoms. The Labute approximate surface area is 158 Å². The number of carbonyl (C=O) groups excluding carboxylic acids is 2. The Morgan fingerprint density at radius 3 is 2.46 bits per heavy atom. The molecule has 3 rings (SSSR count). The van der Waals surface area contributed by atoms with Crippen molar-refractivity contribution in [2.45, 2.75) is 37.6 Å². The first-order chi connectivity index (χ1) is 12.5. The van der Waals surface area contributed by atoms with Crippen LogP contribution in [-0.2, 0) is 4.79 Å². The van der Waals surface area contributed by atoms with Gasteiger partial charge in [-0.1, -0.05) is 17.7 Å². The number of benzene rings is 1. The average Bonchev–Trinajstić information content (AvgIpc) is 3.08. The molecule has 0 spiro atoms. The molecule has 0 radical (unpaired) electrons. The second-order valence-electron chi connectivity index (χ2n) is 6.66. The second-order valence-corrected chi connectivity index (χ2v) is 7.71. The van der Waals surface area contributed by atoms with Crippen LogP contribution in [-0.4, -0.2) is 41.6 Å². The highest BCUT2D eigenvalue weighted by atomic mass is 32.2. The van der Waals surface area contributed by atoms with Crippen LogP contribution < -0.4 is 5.32 Å². The molecule has 1 aromatic heterocycles. The summed E-state index contributed by atoms with van der Waals surface area (Å²) in [4.78, 5) is 27.6. The molecular formula is C20H24N2O3S.